The van der Waals surface area contributed by atoms with E-state index in [9.17, 15) is 13.2 Å². The molecule has 0 fully saturated rings. The van der Waals surface area contributed by atoms with E-state index in [0.29, 0.717) is 17.1 Å². The quantitative estimate of drug-likeness (QED) is 0.551. The van der Waals surface area contributed by atoms with Gasteiger partial charge in [-0.3, -0.25) is 9.52 Å². The van der Waals surface area contributed by atoms with Crippen LogP contribution >= 0.6 is 15.9 Å². The van der Waals surface area contributed by atoms with Crippen LogP contribution in [0.3, 0.4) is 0 Å². The summed E-state index contributed by atoms with van der Waals surface area (Å²) in [5.41, 5.74) is 1.14. The summed E-state index contributed by atoms with van der Waals surface area (Å²) < 4.78 is 33.6. The van der Waals surface area contributed by atoms with Gasteiger partial charge in [-0.1, -0.05) is 34.1 Å². The molecule has 0 bridgehead atoms. The molecule has 0 saturated heterocycles. The zero-order valence-corrected chi connectivity index (χ0v) is 17.0. The second kappa shape index (κ2) is 8.90. The minimum atomic E-state index is -3.72. The Balaban J connectivity index is 1.58. The van der Waals surface area contributed by atoms with Crippen molar-refractivity contribution in [3.63, 3.8) is 0 Å². The van der Waals surface area contributed by atoms with Gasteiger partial charge in [0.05, 0.1) is 4.90 Å². The van der Waals surface area contributed by atoms with Crippen molar-refractivity contribution in [3.05, 3.63) is 83.3 Å². The van der Waals surface area contributed by atoms with Crippen molar-refractivity contribution in [2.75, 3.05) is 16.6 Å². The van der Waals surface area contributed by atoms with Gasteiger partial charge in [-0.15, -0.1) is 0 Å². The molecule has 3 rings (SSSR count). The van der Waals surface area contributed by atoms with Crippen LogP contribution in [0, 0.1) is 0 Å². The van der Waals surface area contributed by atoms with Crippen LogP contribution < -0.4 is 14.8 Å². The predicted molar refractivity (Wildman–Crippen MR) is 112 cm³/mol. The Morgan fingerprint density at radius 2 is 1.50 bits per heavy atom. The molecular weight excluding hydrogens is 444 g/mol. The molecule has 0 spiro atoms. The average molecular weight is 461 g/mol. The third kappa shape index (κ3) is 5.58. The van der Waals surface area contributed by atoms with Crippen molar-refractivity contribution >= 4 is 43.2 Å². The number of para-hydroxylation sites is 1. The molecule has 0 saturated carbocycles. The van der Waals surface area contributed by atoms with Gasteiger partial charge in [-0.2, -0.15) is 0 Å². The predicted octanol–water partition coefficient (Wildman–Crippen LogP) is 4.27. The van der Waals surface area contributed by atoms with Crippen LogP contribution in [0.5, 0.6) is 5.75 Å². The van der Waals surface area contributed by atoms with Gasteiger partial charge in [-0.25, -0.2) is 8.42 Å². The first-order valence-electron chi connectivity index (χ1n) is 8.28. The Kier molecular flexibility index (Phi) is 6.33. The van der Waals surface area contributed by atoms with Crippen LogP contribution in [0.15, 0.2) is 88.2 Å². The molecule has 28 heavy (non-hydrogen) atoms. The molecule has 0 heterocycles. The smallest absolute Gasteiger partial charge is 0.262 e. The van der Waals surface area contributed by atoms with E-state index in [1.165, 1.54) is 24.3 Å². The number of hydrogen-bond acceptors (Lipinski definition) is 4. The first-order valence-corrected chi connectivity index (χ1v) is 10.6. The normalized spacial score (nSPS) is 10.9. The highest BCUT2D eigenvalue weighted by Gasteiger charge is 2.14. The van der Waals surface area contributed by atoms with E-state index >= 15 is 0 Å². The lowest BCUT2D eigenvalue weighted by Crippen LogP contribution is -2.20. The van der Waals surface area contributed by atoms with Crippen molar-refractivity contribution in [3.8, 4) is 5.75 Å². The summed E-state index contributed by atoms with van der Waals surface area (Å²) in [7, 11) is -3.72. The van der Waals surface area contributed by atoms with Crippen molar-refractivity contribution in [2.24, 2.45) is 0 Å². The Morgan fingerprint density at radius 3 is 2.14 bits per heavy atom. The monoisotopic (exact) mass is 460 g/mol. The molecule has 0 unspecified atom stereocenters. The molecule has 1 amide bonds. The van der Waals surface area contributed by atoms with E-state index in [0.717, 1.165) is 4.47 Å². The zero-order chi connectivity index (χ0) is 20.0. The number of hydrogen-bond donors (Lipinski definition) is 2. The fourth-order valence-electron chi connectivity index (χ4n) is 2.31. The van der Waals surface area contributed by atoms with Gasteiger partial charge in [0, 0.05) is 15.8 Å². The third-order valence-corrected chi connectivity index (χ3v) is 5.58. The van der Waals surface area contributed by atoms with E-state index in [4.69, 9.17) is 4.74 Å². The minimum absolute atomic E-state index is 0.0940. The van der Waals surface area contributed by atoms with Crippen LogP contribution in [-0.4, -0.2) is 20.9 Å². The molecule has 6 nitrogen and oxygen atoms in total. The first kappa shape index (κ1) is 19.9. The summed E-state index contributed by atoms with van der Waals surface area (Å²) in [6.45, 7) is -0.182. The Hall–Kier alpha value is -2.84. The van der Waals surface area contributed by atoms with Gasteiger partial charge in [0.1, 0.15) is 5.75 Å². The summed E-state index contributed by atoms with van der Waals surface area (Å²) in [5.74, 6) is 0.0885. The number of nitrogens with one attached hydrogen (secondary N) is 2. The number of anilines is 2. The molecule has 3 aromatic carbocycles. The summed E-state index contributed by atoms with van der Waals surface area (Å²) in [5, 5.41) is 2.71. The van der Waals surface area contributed by atoms with Crippen LogP contribution in [0.2, 0.25) is 0 Å². The van der Waals surface area contributed by atoms with Crippen LogP contribution in [0.4, 0.5) is 11.4 Å². The van der Waals surface area contributed by atoms with Gasteiger partial charge >= 0.3 is 0 Å². The second-order valence-electron chi connectivity index (χ2n) is 5.79. The molecule has 8 heteroatoms. The number of ether oxygens (including phenoxy) is 1. The van der Waals surface area contributed by atoms with Crippen LogP contribution in [0.25, 0.3) is 0 Å². The number of amides is 1. The summed E-state index contributed by atoms with van der Waals surface area (Å²) in [6.07, 6.45) is 0. The molecule has 0 aliphatic heterocycles. The number of benzene rings is 3. The SMILES string of the molecule is O=C(COc1ccc(S(=O)(=O)Nc2ccc(Br)cc2)cc1)Nc1ccccc1. The standard InChI is InChI=1S/C20H17BrN2O4S/c21-15-6-8-17(9-7-15)23-28(25,26)19-12-10-18(11-13-19)27-14-20(24)22-16-4-2-1-3-5-16/h1-13,23H,14H2,(H,22,24). The van der Waals surface area contributed by atoms with Gasteiger partial charge < -0.3 is 10.1 Å². The number of sulfonamides is 1. The average Bonchev–Trinajstić information content (AvgIpc) is 2.69. The number of carbonyl (C=O) groups excluding carboxylic acids is 1. The fourth-order valence-corrected chi connectivity index (χ4v) is 3.64. The maximum Gasteiger partial charge on any atom is 0.262 e. The van der Waals surface area contributed by atoms with E-state index in [1.807, 2.05) is 18.2 Å². The van der Waals surface area contributed by atoms with Gasteiger partial charge in [0.25, 0.3) is 15.9 Å². The lowest BCUT2D eigenvalue weighted by Gasteiger charge is -2.10. The van der Waals surface area contributed by atoms with E-state index < -0.39 is 10.0 Å². The molecular formula is C20H17BrN2O4S. The Labute approximate surface area is 171 Å². The van der Waals surface area contributed by atoms with E-state index in [1.54, 1.807) is 36.4 Å². The van der Waals surface area contributed by atoms with E-state index in [-0.39, 0.29) is 17.4 Å². The highest BCUT2D eigenvalue weighted by Crippen LogP contribution is 2.21. The van der Waals surface area contributed by atoms with Crippen LogP contribution in [0.1, 0.15) is 0 Å². The molecule has 3 aromatic rings. The van der Waals surface area contributed by atoms with Gasteiger partial charge in [0.2, 0.25) is 0 Å². The molecule has 2 N–H and O–H groups in total. The second-order valence-corrected chi connectivity index (χ2v) is 8.38. The lowest BCUT2D eigenvalue weighted by molar-refractivity contribution is -0.118. The summed E-state index contributed by atoms with van der Waals surface area (Å²) >= 11 is 3.30. The molecule has 0 atom stereocenters. The number of halogens is 1. The largest absolute Gasteiger partial charge is 0.484 e. The topological polar surface area (TPSA) is 84.5 Å². The highest BCUT2D eigenvalue weighted by molar-refractivity contribution is 9.10. The Bertz CT molecular complexity index is 1040. The van der Waals surface area contributed by atoms with Crippen molar-refractivity contribution in [1.82, 2.24) is 0 Å². The summed E-state index contributed by atoms with van der Waals surface area (Å²) in [6, 6.07) is 21.7. The van der Waals surface area contributed by atoms with Gasteiger partial charge in [0.15, 0.2) is 6.61 Å². The number of carbonyl (C=O) groups is 1. The molecule has 0 aliphatic rings. The lowest BCUT2D eigenvalue weighted by atomic mass is 10.3. The minimum Gasteiger partial charge on any atom is -0.484 e. The fraction of sp³-hybridized carbons (Fsp3) is 0.0500. The number of rotatable bonds is 7. The summed E-state index contributed by atoms with van der Waals surface area (Å²) in [4.78, 5) is 12.0. The zero-order valence-electron chi connectivity index (χ0n) is 14.6. The molecule has 144 valence electrons. The maximum absolute atomic E-state index is 12.4. The van der Waals surface area contributed by atoms with Crippen molar-refractivity contribution in [2.45, 2.75) is 4.90 Å². The van der Waals surface area contributed by atoms with E-state index in [2.05, 4.69) is 26.0 Å². The first-order chi connectivity index (χ1) is 13.4. The van der Waals surface area contributed by atoms with Crippen LogP contribution in [-0.2, 0) is 14.8 Å². The molecule has 0 radical (unpaired) electrons. The van der Waals surface area contributed by atoms with Gasteiger partial charge in [-0.05, 0) is 60.7 Å². The maximum atomic E-state index is 12.4. The Morgan fingerprint density at radius 1 is 0.857 bits per heavy atom. The van der Waals surface area contributed by atoms with Crippen molar-refractivity contribution < 1.29 is 17.9 Å². The third-order valence-electron chi connectivity index (χ3n) is 3.66. The molecule has 0 aliphatic carbocycles. The van der Waals surface area contributed by atoms with Crippen molar-refractivity contribution in [1.29, 1.82) is 0 Å². The molecule has 0 aromatic heterocycles. The highest BCUT2D eigenvalue weighted by atomic mass is 79.9.